The Hall–Kier alpha value is -2.72. The van der Waals surface area contributed by atoms with Crippen molar-refractivity contribution in [2.75, 3.05) is 26.0 Å². The van der Waals surface area contributed by atoms with Crippen LogP contribution in [0, 0.1) is 0 Å². The number of thiophene rings is 1. The average Bonchev–Trinajstić information content (AvgIpc) is 3.60. The Morgan fingerprint density at radius 2 is 2.06 bits per heavy atom. The van der Waals surface area contributed by atoms with Crippen LogP contribution in [0.5, 0.6) is 0 Å². The van der Waals surface area contributed by atoms with Crippen molar-refractivity contribution in [1.82, 2.24) is 20.2 Å². The first-order valence-corrected chi connectivity index (χ1v) is 12.8. The van der Waals surface area contributed by atoms with Gasteiger partial charge >= 0.3 is 6.09 Å². The molecule has 0 spiro atoms. The summed E-state index contributed by atoms with van der Waals surface area (Å²) in [5, 5.41) is 2.73. The minimum absolute atomic E-state index is 0.0501. The predicted molar refractivity (Wildman–Crippen MR) is 130 cm³/mol. The Morgan fingerprint density at radius 1 is 1.29 bits per heavy atom. The topological polar surface area (TPSA) is 120 Å². The maximum Gasteiger partial charge on any atom is 0.406 e. The Kier molecular flexibility index (Phi) is 7.99. The van der Waals surface area contributed by atoms with Gasteiger partial charge in [0.15, 0.2) is 0 Å². The van der Waals surface area contributed by atoms with Gasteiger partial charge in [-0.15, -0.1) is 11.3 Å². The van der Waals surface area contributed by atoms with Gasteiger partial charge in [0, 0.05) is 46.9 Å². The summed E-state index contributed by atoms with van der Waals surface area (Å²) in [6.07, 6.45) is 9.16. The first-order valence-electron chi connectivity index (χ1n) is 11.9. The van der Waals surface area contributed by atoms with Crippen molar-refractivity contribution in [1.29, 1.82) is 0 Å². The lowest BCUT2D eigenvalue weighted by Crippen LogP contribution is -2.44. The predicted octanol–water partition coefficient (Wildman–Crippen LogP) is 3.70. The number of hydrogen-bond donors (Lipinski definition) is 2. The average molecular weight is 488 g/mol. The number of methoxy groups -OCH3 is 1. The third-order valence-electron chi connectivity index (χ3n) is 6.33. The van der Waals surface area contributed by atoms with Crippen LogP contribution in [0.4, 0.5) is 10.7 Å². The fourth-order valence-electron chi connectivity index (χ4n) is 4.35. The van der Waals surface area contributed by atoms with E-state index in [1.165, 1.54) is 12.0 Å². The normalized spacial score (nSPS) is 18.8. The molecule has 2 fully saturated rings. The van der Waals surface area contributed by atoms with Gasteiger partial charge in [-0.3, -0.25) is 4.79 Å². The van der Waals surface area contributed by atoms with E-state index in [1.54, 1.807) is 23.7 Å². The highest BCUT2D eigenvalue weighted by Gasteiger charge is 2.40. The highest BCUT2D eigenvalue weighted by Crippen LogP contribution is 2.41. The minimum atomic E-state index is -0.434. The largest absolute Gasteiger partial charge is 0.453 e. The second-order valence-electron chi connectivity index (χ2n) is 8.85. The number of rotatable bonds is 9. The van der Waals surface area contributed by atoms with Crippen LogP contribution in [0.3, 0.4) is 0 Å². The summed E-state index contributed by atoms with van der Waals surface area (Å²) in [4.78, 5) is 37.4. The van der Waals surface area contributed by atoms with E-state index in [0.717, 1.165) is 60.9 Å². The molecule has 3 heterocycles. The molecule has 0 bridgehead atoms. The highest BCUT2D eigenvalue weighted by molar-refractivity contribution is 7.12. The van der Waals surface area contributed by atoms with Crippen LogP contribution < -0.4 is 11.1 Å². The van der Waals surface area contributed by atoms with E-state index < -0.39 is 6.09 Å². The Morgan fingerprint density at radius 3 is 2.71 bits per heavy atom. The molecule has 2 aromatic rings. The summed E-state index contributed by atoms with van der Waals surface area (Å²) in [7, 11) is 1.35. The molecule has 3 N–H and O–H groups in total. The van der Waals surface area contributed by atoms with Crippen molar-refractivity contribution in [3.05, 3.63) is 28.2 Å². The summed E-state index contributed by atoms with van der Waals surface area (Å²) in [5.74, 6) is 0.346. The molecule has 0 unspecified atom stereocenters. The highest BCUT2D eigenvalue weighted by atomic mass is 32.1. The number of aromatic nitrogens is 2. The number of nitrogen functional groups attached to an aromatic ring is 1. The monoisotopic (exact) mass is 487 g/mol. The number of carbonyl (C=O) groups excluding carboxylic acids is 2. The van der Waals surface area contributed by atoms with Crippen LogP contribution in [-0.2, 0) is 20.7 Å². The second-order valence-corrected chi connectivity index (χ2v) is 10.0. The van der Waals surface area contributed by atoms with Gasteiger partial charge in [0.05, 0.1) is 13.2 Å². The van der Waals surface area contributed by atoms with E-state index in [0.29, 0.717) is 13.2 Å². The maximum atomic E-state index is 13.4. The Balaban J connectivity index is 1.56. The van der Waals surface area contributed by atoms with Crippen molar-refractivity contribution in [3.63, 3.8) is 0 Å². The Bertz CT molecular complexity index is 986. The molecule has 2 atom stereocenters. The number of nitrogens with one attached hydrogen (secondary N) is 1. The fourth-order valence-corrected chi connectivity index (χ4v) is 5.63. The zero-order valence-electron chi connectivity index (χ0n) is 19.8. The van der Waals surface area contributed by atoms with E-state index in [1.807, 2.05) is 4.90 Å². The van der Waals surface area contributed by atoms with Gasteiger partial charge < -0.3 is 25.4 Å². The first-order chi connectivity index (χ1) is 16.5. The van der Waals surface area contributed by atoms with E-state index in [9.17, 15) is 9.59 Å². The molecule has 2 aliphatic rings. The molecule has 0 radical (unpaired) electrons. The first kappa shape index (κ1) is 24.4. The van der Waals surface area contributed by atoms with Crippen molar-refractivity contribution in [2.24, 2.45) is 0 Å². The van der Waals surface area contributed by atoms with E-state index >= 15 is 0 Å². The molecule has 1 aliphatic carbocycles. The minimum Gasteiger partial charge on any atom is -0.453 e. The zero-order chi connectivity index (χ0) is 24.1. The van der Waals surface area contributed by atoms with Crippen LogP contribution in [0.1, 0.15) is 61.2 Å². The summed E-state index contributed by atoms with van der Waals surface area (Å²) in [6, 6.07) is 2.38. The molecule has 184 valence electrons. The molecule has 1 saturated heterocycles. The van der Waals surface area contributed by atoms with E-state index in [2.05, 4.69) is 33.0 Å². The van der Waals surface area contributed by atoms with Crippen LogP contribution >= 0.6 is 11.3 Å². The standard InChI is InChI=1S/C24H33N5O4S/c1-15(29(17-8-9-17)22(30)19-6-3-4-11-33-19)21-12-18(16-13-27-23(25)28-14-16)20(34-21)7-5-10-26-24(31)32-2/h12-15,17,19H,3-11H2,1-2H3,(H,26,31)(H2,25,27,28)/t15-,19-/m1/s1. The number of nitrogens with zero attached hydrogens (tertiary/aromatic N) is 3. The van der Waals surface area contributed by atoms with Gasteiger partial charge in [-0.05, 0) is 63.5 Å². The number of ether oxygens (including phenoxy) is 2. The van der Waals surface area contributed by atoms with Gasteiger partial charge in [0.25, 0.3) is 5.91 Å². The van der Waals surface area contributed by atoms with E-state index in [-0.39, 0.29) is 30.0 Å². The lowest BCUT2D eigenvalue weighted by Gasteiger charge is -2.33. The van der Waals surface area contributed by atoms with Crippen LogP contribution in [0.25, 0.3) is 11.1 Å². The molecule has 1 aliphatic heterocycles. The van der Waals surface area contributed by atoms with Crippen molar-refractivity contribution in [2.45, 2.75) is 70.1 Å². The molecule has 9 nitrogen and oxygen atoms in total. The van der Waals surface area contributed by atoms with Gasteiger partial charge in [-0.25, -0.2) is 14.8 Å². The maximum absolute atomic E-state index is 13.4. The van der Waals surface area contributed by atoms with Gasteiger partial charge in [-0.1, -0.05) is 0 Å². The fraction of sp³-hybridized carbons (Fsp3) is 0.583. The quantitative estimate of drug-likeness (QED) is 0.518. The molecule has 2 amide bonds. The van der Waals surface area contributed by atoms with Gasteiger partial charge in [0.1, 0.15) is 6.10 Å². The van der Waals surface area contributed by atoms with Crippen LogP contribution in [-0.4, -0.2) is 59.3 Å². The smallest absolute Gasteiger partial charge is 0.406 e. The summed E-state index contributed by atoms with van der Waals surface area (Å²) >= 11 is 1.70. The van der Waals surface area contributed by atoms with Crippen molar-refractivity contribution < 1.29 is 19.1 Å². The molecule has 34 heavy (non-hydrogen) atoms. The number of alkyl carbamates (subject to hydrolysis) is 1. The van der Waals surface area contributed by atoms with Crippen LogP contribution in [0.15, 0.2) is 18.5 Å². The Labute approximate surface area is 204 Å². The molecule has 4 rings (SSSR count). The molecular weight excluding hydrogens is 454 g/mol. The molecular formula is C24H33N5O4S. The summed E-state index contributed by atoms with van der Waals surface area (Å²) in [6.45, 7) is 3.28. The van der Waals surface area contributed by atoms with E-state index in [4.69, 9.17) is 10.5 Å². The molecule has 10 heteroatoms. The molecule has 1 saturated carbocycles. The van der Waals surface area contributed by atoms with Crippen molar-refractivity contribution in [3.8, 4) is 11.1 Å². The second kappa shape index (κ2) is 11.1. The number of carbonyl (C=O) groups is 2. The SMILES string of the molecule is COC(=O)NCCCc1sc([C@@H](C)N(C(=O)[C@H]2CCCCO2)C2CC2)cc1-c1cnc(N)nc1. The van der Waals surface area contributed by atoms with Crippen LogP contribution in [0.2, 0.25) is 0 Å². The number of amides is 2. The van der Waals surface area contributed by atoms with Crippen molar-refractivity contribution >= 4 is 29.3 Å². The molecule has 2 aromatic heterocycles. The third-order valence-corrected chi connectivity index (χ3v) is 7.69. The lowest BCUT2D eigenvalue weighted by molar-refractivity contribution is -0.149. The molecule has 0 aromatic carbocycles. The van der Waals surface area contributed by atoms with Gasteiger partial charge in [-0.2, -0.15) is 0 Å². The zero-order valence-corrected chi connectivity index (χ0v) is 20.6. The van der Waals surface area contributed by atoms with Gasteiger partial charge in [0.2, 0.25) is 5.95 Å². The number of hydrogen-bond acceptors (Lipinski definition) is 8. The number of aryl methyl sites for hydroxylation is 1. The third kappa shape index (κ3) is 5.85. The lowest BCUT2D eigenvalue weighted by atomic mass is 10.0. The number of nitrogens with two attached hydrogens (primary N) is 1. The number of anilines is 1. The summed E-state index contributed by atoms with van der Waals surface area (Å²) < 4.78 is 10.5. The summed E-state index contributed by atoms with van der Waals surface area (Å²) in [5.41, 5.74) is 7.62.